The molecule has 1 heterocycles. The zero-order valence-corrected chi connectivity index (χ0v) is 21.4. The molecule has 2 aliphatic carbocycles. The van der Waals surface area contributed by atoms with Gasteiger partial charge in [0.2, 0.25) is 0 Å². The van der Waals surface area contributed by atoms with Crippen LogP contribution in [-0.2, 0) is 24.4 Å². The Morgan fingerprint density at radius 2 is 1.31 bits per heavy atom. The maximum atomic E-state index is 12.9. The summed E-state index contributed by atoms with van der Waals surface area (Å²) in [4.78, 5) is 25.8. The van der Waals surface area contributed by atoms with Crippen LogP contribution in [0.25, 0.3) is 0 Å². The van der Waals surface area contributed by atoms with E-state index in [0.29, 0.717) is 71.8 Å². The summed E-state index contributed by atoms with van der Waals surface area (Å²) in [5.74, 6) is 0.0759. The first-order valence-corrected chi connectivity index (χ1v) is 13.6. The van der Waals surface area contributed by atoms with Gasteiger partial charge in [-0.05, 0) is 54.8 Å². The Hall–Kier alpha value is -2.32. The van der Waals surface area contributed by atoms with E-state index in [9.17, 15) is 18.0 Å². The van der Waals surface area contributed by atoms with E-state index in [0.717, 1.165) is 0 Å². The highest BCUT2D eigenvalue weighted by atomic mass is 35.5. The highest BCUT2D eigenvalue weighted by molar-refractivity contribution is 7.87. The molecule has 2 aromatic rings. The molecule has 0 radical (unpaired) electrons. The van der Waals surface area contributed by atoms with E-state index >= 15 is 0 Å². The standard InChI is InChI=1S/C25H19Cl3O6S/c26-14-7-9-15(10-8-14)35(31,32)34-25-16(27)11-13(12-17(25)28)22-23-18(29)3-1-5-20(23)33-21-6-2-4-19(30)24(21)22/h7-12,22H,1-6H2. The average Bonchev–Trinajstić information content (AvgIpc) is 2.81. The highest BCUT2D eigenvalue weighted by Crippen LogP contribution is 2.49. The topological polar surface area (TPSA) is 86.7 Å². The van der Waals surface area contributed by atoms with Crippen molar-refractivity contribution in [3.05, 3.63) is 79.7 Å². The number of carbonyl (C=O) groups excluding carboxylic acids is 2. The molecule has 0 saturated heterocycles. The summed E-state index contributed by atoms with van der Waals surface area (Å²) >= 11 is 18.8. The van der Waals surface area contributed by atoms with Crippen molar-refractivity contribution < 1.29 is 26.9 Å². The second-order valence-corrected chi connectivity index (χ2v) is 11.4. The molecule has 6 nitrogen and oxygen atoms in total. The van der Waals surface area contributed by atoms with E-state index < -0.39 is 16.0 Å². The lowest BCUT2D eigenvalue weighted by Gasteiger charge is -2.36. The van der Waals surface area contributed by atoms with Crippen LogP contribution in [-0.4, -0.2) is 20.0 Å². The fourth-order valence-corrected chi connectivity index (χ4v) is 6.50. The fourth-order valence-electron chi connectivity index (χ4n) is 4.74. The van der Waals surface area contributed by atoms with Gasteiger partial charge in [0, 0.05) is 47.8 Å². The highest BCUT2D eigenvalue weighted by Gasteiger charge is 2.42. The first-order chi connectivity index (χ1) is 16.7. The Morgan fingerprint density at radius 3 is 1.83 bits per heavy atom. The second-order valence-electron chi connectivity index (χ2n) is 8.57. The summed E-state index contributed by atoms with van der Waals surface area (Å²) in [6.45, 7) is 0. The predicted octanol–water partition coefficient (Wildman–Crippen LogP) is 6.54. The van der Waals surface area contributed by atoms with E-state index in [1.807, 2.05) is 0 Å². The summed E-state index contributed by atoms with van der Waals surface area (Å²) in [6.07, 6.45) is 3.28. The number of ketones is 2. The molecule has 2 aromatic carbocycles. The first kappa shape index (κ1) is 24.4. The lowest BCUT2D eigenvalue weighted by molar-refractivity contribution is -0.117. The van der Waals surface area contributed by atoms with Crippen LogP contribution < -0.4 is 4.18 Å². The molecule has 0 fully saturated rings. The molecular formula is C25H19Cl3O6S. The molecule has 0 spiro atoms. The third-order valence-corrected chi connectivity index (χ3v) is 8.34. The zero-order valence-electron chi connectivity index (χ0n) is 18.3. The first-order valence-electron chi connectivity index (χ1n) is 11.0. The van der Waals surface area contributed by atoms with Gasteiger partial charge in [-0.25, -0.2) is 0 Å². The molecule has 5 rings (SSSR count). The van der Waals surface area contributed by atoms with Gasteiger partial charge in [-0.1, -0.05) is 34.8 Å². The van der Waals surface area contributed by atoms with Gasteiger partial charge in [-0.15, -0.1) is 0 Å². The Morgan fingerprint density at radius 1 is 0.800 bits per heavy atom. The summed E-state index contributed by atoms with van der Waals surface area (Å²) in [6, 6.07) is 8.45. The van der Waals surface area contributed by atoms with Crippen molar-refractivity contribution in [3.8, 4) is 5.75 Å². The minimum Gasteiger partial charge on any atom is -0.465 e. The van der Waals surface area contributed by atoms with Crippen molar-refractivity contribution in [2.45, 2.75) is 49.3 Å². The zero-order chi connectivity index (χ0) is 24.9. The van der Waals surface area contributed by atoms with E-state index in [4.69, 9.17) is 43.7 Å². The Bertz CT molecular complexity index is 1360. The molecule has 0 bridgehead atoms. The van der Waals surface area contributed by atoms with Gasteiger partial charge in [0.25, 0.3) is 0 Å². The summed E-state index contributed by atoms with van der Waals surface area (Å²) in [5.41, 5.74) is 1.39. The summed E-state index contributed by atoms with van der Waals surface area (Å²) < 4.78 is 36.8. The van der Waals surface area contributed by atoms with Gasteiger partial charge in [0.05, 0.1) is 10.0 Å². The van der Waals surface area contributed by atoms with Crippen molar-refractivity contribution >= 4 is 56.5 Å². The van der Waals surface area contributed by atoms with Crippen molar-refractivity contribution in [3.63, 3.8) is 0 Å². The van der Waals surface area contributed by atoms with Crippen LogP contribution in [0.2, 0.25) is 15.1 Å². The van der Waals surface area contributed by atoms with Crippen LogP contribution in [0, 0.1) is 0 Å². The normalized spacial score (nSPS) is 18.8. The summed E-state index contributed by atoms with van der Waals surface area (Å²) in [7, 11) is -4.24. The van der Waals surface area contributed by atoms with Crippen molar-refractivity contribution in [2.24, 2.45) is 0 Å². The maximum Gasteiger partial charge on any atom is 0.339 e. The third-order valence-electron chi connectivity index (χ3n) is 6.29. The van der Waals surface area contributed by atoms with Gasteiger partial charge >= 0.3 is 10.1 Å². The van der Waals surface area contributed by atoms with Crippen LogP contribution in [0.1, 0.15) is 50.0 Å². The van der Waals surface area contributed by atoms with E-state index in [1.54, 1.807) is 0 Å². The number of benzene rings is 2. The maximum absolute atomic E-state index is 12.9. The van der Waals surface area contributed by atoms with Gasteiger partial charge in [0.15, 0.2) is 17.3 Å². The van der Waals surface area contributed by atoms with Crippen molar-refractivity contribution in [2.75, 3.05) is 0 Å². The number of Topliss-reactive ketones (excluding diaryl/α,β-unsaturated/α-hetero) is 2. The van der Waals surface area contributed by atoms with Crippen LogP contribution in [0.15, 0.2) is 64.0 Å². The lowest BCUT2D eigenvalue weighted by Crippen LogP contribution is -2.30. The fraction of sp³-hybridized carbons (Fsp3) is 0.280. The Labute approximate surface area is 217 Å². The van der Waals surface area contributed by atoms with Crippen molar-refractivity contribution in [1.29, 1.82) is 0 Å². The molecule has 0 aromatic heterocycles. The molecule has 1 aliphatic heterocycles. The van der Waals surface area contributed by atoms with Gasteiger partial charge in [0.1, 0.15) is 16.4 Å². The smallest absolute Gasteiger partial charge is 0.339 e. The SMILES string of the molecule is O=C1CCCC2=C1C(c1cc(Cl)c(OS(=O)(=O)c3ccc(Cl)cc3)c(Cl)c1)C1=C(CCCC1=O)O2. The van der Waals surface area contributed by atoms with Gasteiger partial charge in [-0.2, -0.15) is 8.42 Å². The molecule has 182 valence electrons. The van der Waals surface area contributed by atoms with Crippen LogP contribution in [0.3, 0.4) is 0 Å². The number of hydrogen-bond donors (Lipinski definition) is 0. The van der Waals surface area contributed by atoms with Crippen molar-refractivity contribution in [1.82, 2.24) is 0 Å². The van der Waals surface area contributed by atoms with E-state index in [-0.39, 0.29) is 32.3 Å². The van der Waals surface area contributed by atoms with E-state index in [2.05, 4.69) is 0 Å². The Balaban J connectivity index is 1.58. The van der Waals surface area contributed by atoms with E-state index in [1.165, 1.54) is 36.4 Å². The number of allylic oxidation sites excluding steroid dienone is 4. The molecule has 35 heavy (non-hydrogen) atoms. The minimum absolute atomic E-state index is 0.0626. The number of carbonyl (C=O) groups is 2. The molecule has 0 unspecified atom stereocenters. The summed E-state index contributed by atoms with van der Waals surface area (Å²) in [5, 5.41) is 0.248. The minimum atomic E-state index is -4.24. The Kier molecular flexibility index (Phi) is 6.46. The number of ether oxygens (including phenoxy) is 1. The number of hydrogen-bond acceptors (Lipinski definition) is 6. The lowest BCUT2D eigenvalue weighted by atomic mass is 9.73. The third kappa shape index (κ3) is 4.51. The monoisotopic (exact) mass is 552 g/mol. The number of halogens is 3. The molecule has 0 amide bonds. The second kappa shape index (κ2) is 9.28. The largest absolute Gasteiger partial charge is 0.465 e. The van der Waals surface area contributed by atoms with Crippen LogP contribution in [0.5, 0.6) is 5.75 Å². The number of rotatable bonds is 4. The quantitative estimate of drug-likeness (QED) is 0.400. The molecule has 3 aliphatic rings. The molecule has 10 heteroatoms. The van der Waals surface area contributed by atoms with Crippen LogP contribution >= 0.6 is 34.8 Å². The molecule has 0 saturated carbocycles. The molecular weight excluding hydrogens is 535 g/mol. The predicted molar refractivity (Wildman–Crippen MR) is 131 cm³/mol. The van der Waals surface area contributed by atoms with Gasteiger partial charge < -0.3 is 8.92 Å². The molecule has 0 atom stereocenters. The molecule has 0 N–H and O–H groups in total. The van der Waals surface area contributed by atoms with Crippen LogP contribution in [0.4, 0.5) is 0 Å². The average molecular weight is 554 g/mol. The van der Waals surface area contributed by atoms with Gasteiger partial charge in [-0.3, -0.25) is 9.59 Å².